The molecule has 0 radical (unpaired) electrons. The highest BCUT2D eigenvalue weighted by Crippen LogP contribution is 2.27. The van der Waals surface area contributed by atoms with Gasteiger partial charge in [0.1, 0.15) is 5.75 Å². The summed E-state index contributed by atoms with van der Waals surface area (Å²) in [4.78, 5) is 23.4. The number of hydrogen-bond acceptors (Lipinski definition) is 4. The van der Waals surface area contributed by atoms with Crippen LogP contribution in [0.5, 0.6) is 5.75 Å². The van der Waals surface area contributed by atoms with E-state index in [0.717, 1.165) is 5.56 Å². The molecule has 3 N–H and O–H groups in total. The molecule has 2 aromatic rings. The summed E-state index contributed by atoms with van der Waals surface area (Å²) in [6, 6.07) is 14.3. The first-order chi connectivity index (χ1) is 11.0. The maximum atomic E-state index is 12.5. The standard InChI is InChI=1S/C18H20N2O3/c1-3-15(13-7-5-4-6-8-13)18(22)20-17-10-9-14(11-16(17)19)23-12(2)21/h4-11,15H,3,19H2,1-2H3,(H,20,22). The molecule has 0 aliphatic carbocycles. The summed E-state index contributed by atoms with van der Waals surface area (Å²) in [6.45, 7) is 3.28. The van der Waals surface area contributed by atoms with Crippen molar-refractivity contribution in [1.82, 2.24) is 0 Å². The molecule has 0 aliphatic heterocycles. The van der Waals surface area contributed by atoms with Crippen LogP contribution in [-0.2, 0) is 9.59 Å². The molecular weight excluding hydrogens is 292 g/mol. The van der Waals surface area contributed by atoms with Crippen LogP contribution in [0.2, 0.25) is 0 Å². The quantitative estimate of drug-likeness (QED) is 0.504. The maximum Gasteiger partial charge on any atom is 0.308 e. The predicted octanol–water partition coefficient (Wildman–Crippen LogP) is 3.33. The number of anilines is 2. The second-order valence-corrected chi connectivity index (χ2v) is 5.20. The number of esters is 1. The van der Waals surface area contributed by atoms with E-state index < -0.39 is 5.97 Å². The Labute approximate surface area is 135 Å². The Balaban J connectivity index is 2.14. The zero-order chi connectivity index (χ0) is 16.8. The lowest BCUT2D eigenvalue weighted by Gasteiger charge is -2.16. The lowest BCUT2D eigenvalue weighted by atomic mass is 9.95. The molecule has 0 saturated heterocycles. The van der Waals surface area contributed by atoms with Crippen molar-refractivity contribution in [3.63, 3.8) is 0 Å². The van der Waals surface area contributed by atoms with E-state index in [0.29, 0.717) is 23.5 Å². The van der Waals surface area contributed by atoms with Crippen molar-refractivity contribution in [3.05, 3.63) is 54.1 Å². The first-order valence-corrected chi connectivity index (χ1v) is 7.45. The summed E-state index contributed by atoms with van der Waals surface area (Å²) in [6.07, 6.45) is 0.682. The molecule has 0 aliphatic rings. The third-order valence-electron chi connectivity index (χ3n) is 3.47. The summed E-state index contributed by atoms with van der Waals surface area (Å²) < 4.78 is 4.96. The molecule has 5 heteroatoms. The first kappa shape index (κ1) is 16.5. The maximum absolute atomic E-state index is 12.5. The molecule has 5 nitrogen and oxygen atoms in total. The minimum Gasteiger partial charge on any atom is -0.427 e. The van der Waals surface area contributed by atoms with Crippen LogP contribution in [0.4, 0.5) is 11.4 Å². The molecule has 1 unspecified atom stereocenters. The Hall–Kier alpha value is -2.82. The SMILES string of the molecule is CCC(C(=O)Nc1ccc(OC(C)=O)cc1N)c1ccccc1. The molecule has 0 fully saturated rings. The van der Waals surface area contributed by atoms with Crippen molar-refractivity contribution in [2.24, 2.45) is 0 Å². The summed E-state index contributed by atoms with van der Waals surface area (Å²) >= 11 is 0. The molecule has 1 atom stereocenters. The lowest BCUT2D eigenvalue weighted by molar-refractivity contribution is -0.131. The van der Waals surface area contributed by atoms with Crippen molar-refractivity contribution in [3.8, 4) is 5.75 Å². The number of nitrogens with one attached hydrogen (secondary N) is 1. The zero-order valence-corrected chi connectivity index (χ0v) is 13.2. The topological polar surface area (TPSA) is 81.4 Å². The Bertz CT molecular complexity index is 699. The molecule has 2 aromatic carbocycles. The number of carbonyl (C=O) groups excluding carboxylic acids is 2. The van der Waals surface area contributed by atoms with E-state index in [2.05, 4.69) is 5.32 Å². The van der Waals surface area contributed by atoms with Gasteiger partial charge in [-0.3, -0.25) is 9.59 Å². The molecule has 23 heavy (non-hydrogen) atoms. The third kappa shape index (κ3) is 4.32. The molecule has 2 rings (SSSR count). The van der Waals surface area contributed by atoms with Gasteiger partial charge in [-0.15, -0.1) is 0 Å². The lowest BCUT2D eigenvalue weighted by Crippen LogP contribution is -2.21. The highest BCUT2D eigenvalue weighted by atomic mass is 16.5. The molecule has 0 saturated carbocycles. The Morgan fingerprint density at radius 3 is 2.43 bits per heavy atom. The van der Waals surface area contributed by atoms with E-state index in [4.69, 9.17) is 10.5 Å². The van der Waals surface area contributed by atoms with Gasteiger partial charge in [0, 0.05) is 13.0 Å². The molecule has 0 bridgehead atoms. The Kier molecular flexibility index (Phi) is 5.36. The van der Waals surface area contributed by atoms with Crippen molar-refractivity contribution in [2.45, 2.75) is 26.2 Å². The van der Waals surface area contributed by atoms with Crippen LogP contribution in [0.15, 0.2) is 48.5 Å². The van der Waals surface area contributed by atoms with Gasteiger partial charge in [-0.1, -0.05) is 37.3 Å². The summed E-state index contributed by atoms with van der Waals surface area (Å²) in [5.41, 5.74) is 7.73. The van der Waals surface area contributed by atoms with Crippen molar-refractivity contribution in [2.75, 3.05) is 11.1 Å². The fourth-order valence-electron chi connectivity index (χ4n) is 2.36. The van der Waals surface area contributed by atoms with Crippen LogP contribution < -0.4 is 15.8 Å². The normalized spacial score (nSPS) is 11.6. The van der Waals surface area contributed by atoms with Gasteiger partial charge in [-0.25, -0.2) is 0 Å². The number of carbonyl (C=O) groups is 2. The van der Waals surface area contributed by atoms with Crippen molar-refractivity contribution >= 4 is 23.3 Å². The van der Waals surface area contributed by atoms with Gasteiger partial charge >= 0.3 is 5.97 Å². The number of amides is 1. The van der Waals surface area contributed by atoms with Crippen LogP contribution in [-0.4, -0.2) is 11.9 Å². The second kappa shape index (κ2) is 7.45. The average molecular weight is 312 g/mol. The van der Waals surface area contributed by atoms with E-state index in [9.17, 15) is 9.59 Å². The summed E-state index contributed by atoms with van der Waals surface area (Å²) in [5.74, 6) is -0.436. The smallest absolute Gasteiger partial charge is 0.308 e. The first-order valence-electron chi connectivity index (χ1n) is 7.45. The predicted molar refractivity (Wildman–Crippen MR) is 90.3 cm³/mol. The van der Waals surface area contributed by atoms with E-state index in [-0.39, 0.29) is 11.8 Å². The highest BCUT2D eigenvalue weighted by Gasteiger charge is 2.19. The van der Waals surface area contributed by atoms with Gasteiger partial charge in [0.25, 0.3) is 0 Å². The van der Waals surface area contributed by atoms with Gasteiger partial charge in [0.2, 0.25) is 5.91 Å². The van der Waals surface area contributed by atoms with Crippen LogP contribution in [0.1, 0.15) is 31.7 Å². The van der Waals surface area contributed by atoms with Crippen molar-refractivity contribution in [1.29, 1.82) is 0 Å². The summed E-state index contributed by atoms with van der Waals surface area (Å²) in [7, 11) is 0. The van der Waals surface area contributed by atoms with Crippen LogP contribution in [0.3, 0.4) is 0 Å². The number of ether oxygens (including phenoxy) is 1. The van der Waals surface area contributed by atoms with Crippen LogP contribution in [0, 0.1) is 0 Å². The number of hydrogen-bond donors (Lipinski definition) is 2. The van der Waals surface area contributed by atoms with E-state index in [1.54, 1.807) is 12.1 Å². The Morgan fingerprint density at radius 1 is 1.17 bits per heavy atom. The molecule has 0 heterocycles. The van der Waals surface area contributed by atoms with Gasteiger partial charge in [-0.05, 0) is 24.1 Å². The fourth-order valence-corrected chi connectivity index (χ4v) is 2.36. The molecule has 120 valence electrons. The van der Waals surface area contributed by atoms with Crippen LogP contribution >= 0.6 is 0 Å². The molecule has 0 aromatic heterocycles. The van der Waals surface area contributed by atoms with E-state index in [1.165, 1.54) is 13.0 Å². The number of rotatable bonds is 5. The molecule has 0 spiro atoms. The number of benzene rings is 2. The van der Waals surface area contributed by atoms with Crippen molar-refractivity contribution < 1.29 is 14.3 Å². The van der Waals surface area contributed by atoms with E-state index in [1.807, 2.05) is 37.3 Å². The fraction of sp³-hybridized carbons (Fsp3) is 0.222. The van der Waals surface area contributed by atoms with Gasteiger partial charge in [0.15, 0.2) is 0 Å². The summed E-state index contributed by atoms with van der Waals surface area (Å²) in [5, 5.41) is 2.84. The largest absolute Gasteiger partial charge is 0.427 e. The minimum atomic E-state index is -0.420. The molecule has 1 amide bonds. The zero-order valence-electron chi connectivity index (χ0n) is 13.2. The minimum absolute atomic E-state index is 0.120. The second-order valence-electron chi connectivity index (χ2n) is 5.20. The van der Waals surface area contributed by atoms with Gasteiger partial charge in [-0.2, -0.15) is 0 Å². The average Bonchev–Trinajstić information content (AvgIpc) is 2.51. The van der Waals surface area contributed by atoms with Gasteiger partial charge < -0.3 is 15.8 Å². The molecular formula is C18H20N2O3. The van der Waals surface area contributed by atoms with Gasteiger partial charge in [0.05, 0.1) is 17.3 Å². The third-order valence-corrected chi connectivity index (χ3v) is 3.47. The van der Waals surface area contributed by atoms with E-state index >= 15 is 0 Å². The number of nitrogen functional groups attached to an aromatic ring is 1. The monoisotopic (exact) mass is 312 g/mol. The van der Waals surface area contributed by atoms with Crippen LogP contribution in [0.25, 0.3) is 0 Å². The Morgan fingerprint density at radius 2 is 1.87 bits per heavy atom. The highest BCUT2D eigenvalue weighted by molar-refractivity contribution is 5.98. The number of nitrogens with two attached hydrogens (primary N) is 1.